The molecule has 3 rings (SSSR count). The third-order valence-corrected chi connectivity index (χ3v) is 5.30. The zero-order valence-corrected chi connectivity index (χ0v) is 19.3. The Bertz CT molecular complexity index is 792. The van der Waals surface area contributed by atoms with E-state index in [-0.39, 0.29) is 29.9 Å². The first-order valence-electron chi connectivity index (χ1n) is 9.10. The highest BCUT2D eigenvalue weighted by Gasteiger charge is 2.16. The highest BCUT2D eigenvalue weighted by molar-refractivity contribution is 14.0. The summed E-state index contributed by atoms with van der Waals surface area (Å²) >= 11 is 1.73. The topological polar surface area (TPSA) is 81.7 Å². The van der Waals surface area contributed by atoms with Gasteiger partial charge < -0.3 is 20.9 Å². The minimum atomic E-state index is 0. The van der Waals surface area contributed by atoms with Crippen molar-refractivity contribution in [2.75, 3.05) is 38.1 Å². The molecule has 1 aliphatic rings. The van der Waals surface area contributed by atoms with Gasteiger partial charge in [-0.2, -0.15) is 0 Å². The van der Waals surface area contributed by atoms with E-state index in [0.29, 0.717) is 19.6 Å². The molecule has 1 aromatic heterocycles. The third kappa shape index (κ3) is 6.62. The lowest BCUT2D eigenvalue weighted by molar-refractivity contribution is -0.120. The van der Waals surface area contributed by atoms with Gasteiger partial charge in [0, 0.05) is 56.4 Å². The lowest BCUT2D eigenvalue weighted by atomic mass is 10.2. The summed E-state index contributed by atoms with van der Waals surface area (Å²) in [5, 5.41) is 10.6. The van der Waals surface area contributed by atoms with Crippen LogP contribution >= 0.6 is 35.3 Å². The van der Waals surface area contributed by atoms with Crippen LogP contribution < -0.4 is 20.9 Å². The van der Waals surface area contributed by atoms with Crippen LogP contribution in [0, 0.1) is 6.92 Å². The molecule has 9 heteroatoms. The van der Waals surface area contributed by atoms with Crippen molar-refractivity contribution in [3.63, 3.8) is 0 Å². The minimum absolute atomic E-state index is 0. The number of aryl methyl sites for hydroxylation is 1. The number of nitrogens with zero attached hydrogens (tertiary/aromatic N) is 3. The summed E-state index contributed by atoms with van der Waals surface area (Å²) in [5.41, 5.74) is 2.24. The molecule has 1 amide bonds. The van der Waals surface area contributed by atoms with E-state index < -0.39 is 0 Å². The van der Waals surface area contributed by atoms with Crippen molar-refractivity contribution in [2.24, 2.45) is 4.99 Å². The molecule has 1 saturated heterocycles. The van der Waals surface area contributed by atoms with E-state index in [0.717, 1.165) is 36.2 Å². The Morgan fingerprint density at radius 1 is 1.32 bits per heavy atom. The molecule has 0 spiro atoms. The first-order valence-corrected chi connectivity index (χ1v) is 9.92. The fourth-order valence-electron chi connectivity index (χ4n) is 2.89. The largest absolute Gasteiger partial charge is 0.360 e. The number of carbonyl (C=O) groups excluding carboxylic acids is 1. The lowest BCUT2D eigenvalue weighted by Crippen LogP contribution is -2.47. The Balaban J connectivity index is 0.00000280. The normalized spacial score (nSPS) is 14.3. The zero-order valence-electron chi connectivity index (χ0n) is 16.2. The number of aliphatic imine (C=N–C) groups is 1. The van der Waals surface area contributed by atoms with Crippen molar-refractivity contribution < 1.29 is 4.79 Å². The number of aromatic nitrogens is 1. The maximum absolute atomic E-state index is 11.5. The van der Waals surface area contributed by atoms with E-state index in [1.54, 1.807) is 18.4 Å². The number of thiazole rings is 1. The molecule has 0 aliphatic carbocycles. The fraction of sp³-hybridized carbons (Fsp3) is 0.421. The number of carbonyl (C=O) groups is 1. The number of benzene rings is 1. The van der Waals surface area contributed by atoms with Gasteiger partial charge in [0.1, 0.15) is 0 Å². The first kappa shape index (κ1) is 22.4. The standard InChI is InChI=1S/C19H26N6OS.HI/c1-14-11-23-18(27-14)7-8-22-19(20-2)24-12-15-3-5-16(6-4-15)25-10-9-21-17(26)13-25;/h3-6,11H,7-10,12-13H2,1-2H3,(H,21,26)(H2,20,22,24);1H. The summed E-state index contributed by atoms with van der Waals surface area (Å²) in [6.45, 7) is 5.52. The number of piperazine rings is 1. The summed E-state index contributed by atoms with van der Waals surface area (Å²) in [4.78, 5) is 23.5. The molecule has 152 valence electrons. The predicted molar refractivity (Wildman–Crippen MR) is 126 cm³/mol. The average molecular weight is 514 g/mol. The van der Waals surface area contributed by atoms with Crippen LogP contribution in [-0.4, -0.2) is 50.1 Å². The molecule has 1 aromatic carbocycles. The molecule has 28 heavy (non-hydrogen) atoms. The summed E-state index contributed by atoms with van der Waals surface area (Å²) < 4.78 is 0. The van der Waals surface area contributed by atoms with Gasteiger partial charge in [0.25, 0.3) is 0 Å². The van der Waals surface area contributed by atoms with E-state index in [1.807, 2.05) is 6.20 Å². The maximum atomic E-state index is 11.5. The van der Waals surface area contributed by atoms with Crippen LogP contribution in [0.1, 0.15) is 15.4 Å². The van der Waals surface area contributed by atoms with Gasteiger partial charge in [0.15, 0.2) is 5.96 Å². The molecule has 1 fully saturated rings. The molecule has 2 aromatic rings. The molecule has 0 radical (unpaired) electrons. The van der Waals surface area contributed by atoms with Gasteiger partial charge in [-0.3, -0.25) is 9.79 Å². The van der Waals surface area contributed by atoms with E-state index >= 15 is 0 Å². The smallest absolute Gasteiger partial charge is 0.239 e. The second-order valence-corrected chi connectivity index (χ2v) is 7.72. The fourth-order valence-corrected chi connectivity index (χ4v) is 3.68. The summed E-state index contributed by atoms with van der Waals surface area (Å²) in [7, 11) is 1.77. The van der Waals surface area contributed by atoms with Gasteiger partial charge in [-0.05, 0) is 24.6 Å². The SMILES string of the molecule is CN=C(NCCc1ncc(C)s1)NCc1ccc(N2CCNC(=O)C2)cc1.I. The summed E-state index contributed by atoms with van der Waals surface area (Å²) in [6, 6.07) is 8.30. The highest BCUT2D eigenvalue weighted by Crippen LogP contribution is 2.16. The van der Waals surface area contributed by atoms with E-state index in [2.05, 4.69) is 62.0 Å². The molecule has 1 aliphatic heterocycles. The molecule has 7 nitrogen and oxygen atoms in total. The number of rotatable bonds is 6. The van der Waals surface area contributed by atoms with Crippen molar-refractivity contribution >= 4 is 52.9 Å². The quantitative estimate of drug-likeness (QED) is 0.312. The van der Waals surface area contributed by atoms with Gasteiger partial charge in [-0.1, -0.05) is 12.1 Å². The van der Waals surface area contributed by atoms with Crippen LogP contribution in [0.2, 0.25) is 0 Å². The Hall–Kier alpha value is -1.88. The summed E-state index contributed by atoms with van der Waals surface area (Å²) in [6.07, 6.45) is 2.80. The highest BCUT2D eigenvalue weighted by atomic mass is 127. The van der Waals surface area contributed by atoms with E-state index in [9.17, 15) is 4.79 Å². The van der Waals surface area contributed by atoms with Crippen molar-refractivity contribution in [3.05, 3.63) is 45.9 Å². The van der Waals surface area contributed by atoms with Crippen LogP contribution in [0.5, 0.6) is 0 Å². The van der Waals surface area contributed by atoms with Crippen molar-refractivity contribution in [2.45, 2.75) is 19.9 Å². The van der Waals surface area contributed by atoms with Crippen LogP contribution in [-0.2, 0) is 17.8 Å². The van der Waals surface area contributed by atoms with Gasteiger partial charge in [0.05, 0.1) is 11.6 Å². The molecule has 2 heterocycles. The molecule has 0 atom stereocenters. The molecule has 0 bridgehead atoms. The van der Waals surface area contributed by atoms with Gasteiger partial charge in [-0.15, -0.1) is 35.3 Å². The van der Waals surface area contributed by atoms with Crippen LogP contribution in [0.4, 0.5) is 5.69 Å². The number of amides is 1. The Labute approximate surface area is 187 Å². The molecule has 0 saturated carbocycles. The van der Waals surface area contributed by atoms with Crippen molar-refractivity contribution in [1.82, 2.24) is 20.9 Å². The molecule has 3 N–H and O–H groups in total. The first-order chi connectivity index (χ1) is 13.1. The van der Waals surface area contributed by atoms with E-state index in [1.165, 1.54) is 10.4 Å². The van der Waals surface area contributed by atoms with Crippen LogP contribution in [0.25, 0.3) is 0 Å². The minimum Gasteiger partial charge on any atom is -0.360 e. The van der Waals surface area contributed by atoms with Gasteiger partial charge >= 0.3 is 0 Å². The third-order valence-electron chi connectivity index (χ3n) is 4.32. The molecular formula is C19H27IN6OS. The number of guanidine groups is 1. The Morgan fingerprint density at radius 2 is 2.11 bits per heavy atom. The number of hydrogen-bond acceptors (Lipinski definition) is 5. The monoisotopic (exact) mass is 514 g/mol. The Morgan fingerprint density at radius 3 is 2.75 bits per heavy atom. The van der Waals surface area contributed by atoms with Crippen molar-refractivity contribution in [1.29, 1.82) is 0 Å². The van der Waals surface area contributed by atoms with Crippen LogP contribution in [0.15, 0.2) is 35.5 Å². The van der Waals surface area contributed by atoms with Crippen LogP contribution in [0.3, 0.4) is 0 Å². The van der Waals surface area contributed by atoms with E-state index in [4.69, 9.17) is 0 Å². The maximum Gasteiger partial charge on any atom is 0.239 e. The average Bonchev–Trinajstić information content (AvgIpc) is 3.10. The van der Waals surface area contributed by atoms with Crippen molar-refractivity contribution in [3.8, 4) is 0 Å². The molecular weight excluding hydrogens is 487 g/mol. The number of halogens is 1. The predicted octanol–water partition coefficient (Wildman–Crippen LogP) is 1.91. The van der Waals surface area contributed by atoms with Gasteiger partial charge in [-0.25, -0.2) is 4.98 Å². The Kier molecular flexibility index (Phi) is 8.97. The second kappa shape index (κ2) is 11.2. The summed E-state index contributed by atoms with van der Waals surface area (Å²) in [5.74, 6) is 0.856. The van der Waals surface area contributed by atoms with Gasteiger partial charge in [0.2, 0.25) is 5.91 Å². The lowest BCUT2D eigenvalue weighted by Gasteiger charge is -2.28. The second-order valence-electron chi connectivity index (χ2n) is 6.41. The molecule has 0 unspecified atom stereocenters. The number of nitrogens with one attached hydrogen (secondary N) is 3. The number of anilines is 1. The number of hydrogen-bond donors (Lipinski definition) is 3. The zero-order chi connectivity index (χ0) is 19.1.